The lowest BCUT2D eigenvalue weighted by atomic mass is 10.3. The van der Waals surface area contributed by atoms with E-state index in [1.807, 2.05) is 18.2 Å². The number of hydrogen-bond acceptors (Lipinski definition) is 3. The van der Waals surface area contributed by atoms with Crippen LogP contribution in [0.2, 0.25) is 0 Å². The second-order valence-electron chi connectivity index (χ2n) is 2.73. The maximum Gasteiger partial charge on any atom is 0.434 e. The van der Waals surface area contributed by atoms with Gasteiger partial charge in [-0.3, -0.25) is 0 Å². The van der Waals surface area contributed by atoms with Crippen molar-refractivity contribution < 1.29 is 9.53 Å². The summed E-state index contributed by atoms with van der Waals surface area (Å²) in [5.74, 6) is 0. The lowest BCUT2D eigenvalue weighted by Crippen LogP contribution is -2.12. The molecule has 0 N–H and O–H groups in total. The van der Waals surface area contributed by atoms with E-state index in [0.29, 0.717) is 0 Å². The normalized spacial score (nSPS) is 10.4. The Morgan fingerprint density at radius 1 is 1.57 bits per heavy atom. The van der Waals surface area contributed by atoms with Gasteiger partial charge in [-0.1, -0.05) is 15.9 Å². The fourth-order valence-corrected chi connectivity index (χ4v) is 1.61. The number of benzene rings is 1. The molecule has 2 rings (SSSR count). The third-order valence-electron chi connectivity index (χ3n) is 1.88. The van der Waals surface area contributed by atoms with E-state index in [1.165, 1.54) is 11.8 Å². The predicted octanol–water partition coefficient (Wildman–Crippen LogP) is 2.41. The van der Waals surface area contributed by atoms with E-state index in [1.54, 1.807) is 6.20 Å². The highest BCUT2D eigenvalue weighted by atomic mass is 79.9. The molecule has 0 aliphatic heterocycles. The number of aromatic nitrogens is 2. The number of methoxy groups -OCH3 is 1. The molecule has 0 aliphatic rings. The Kier molecular flexibility index (Phi) is 2.25. The number of nitrogens with zero attached hydrogens (tertiary/aromatic N) is 2. The molecule has 1 aromatic carbocycles. The Labute approximate surface area is 88.6 Å². The van der Waals surface area contributed by atoms with E-state index in [9.17, 15) is 4.79 Å². The molecule has 0 aliphatic carbocycles. The topological polar surface area (TPSA) is 44.1 Å². The zero-order valence-electron chi connectivity index (χ0n) is 7.40. The first-order chi connectivity index (χ1) is 6.72. The Morgan fingerprint density at radius 2 is 2.36 bits per heavy atom. The molecule has 0 spiro atoms. The van der Waals surface area contributed by atoms with Crippen molar-refractivity contribution in [2.45, 2.75) is 0 Å². The maximum absolute atomic E-state index is 11.2. The van der Waals surface area contributed by atoms with Crippen LogP contribution in [0.1, 0.15) is 0 Å². The van der Waals surface area contributed by atoms with Crippen LogP contribution >= 0.6 is 15.9 Å². The van der Waals surface area contributed by atoms with Crippen molar-refractivity contribution in [1.29, 1.82) is 0 Å². The van der Waals surface area contributed by atoms with Gasteiger partial charge in [0.1, 0.15) is 0 Å². The number of carbonyl (C=O) groups is 1. The third kappa shape index (κ3) is 1.39. The second kappa shape index (κ2) is 3.42. The van der Waals surface area contributed by atoms with Crippen molar-refractivity contribution in [3.63, 3.8) is 0 Å². The molecule has 0 fully saturated rings. The van der Waals surface area contributed by atoms with Gasteiger partial charge in [-0.05, 0) is 18.2 Å². The molecule has 4 nitrogen and oxygen atoms in total. The van der Waals surface area contributed by atoms with Crippen molar-refractivity contribution in [3.05, 3.63) is 28.9 Å². The van der Waals surface area contributed by atoms with Crippen LogP contribution in [0.3, 0.4) is 0 Å². The van der Waals surface area contributed by atoms with Gasteiger partial charge in [0.25, 0.3) is 0 Å². The van der Waals surface area contributed by atoms with E-state index in [4.69, 9.17) is 0 Å². The number of rotatable bonds is 0. The largest absolute Gasteiger partial charge is 0.451 e. The van der Waals surface area contributed by atoms with Gasteiger partial charge in [-0.25, -0.2) is 4.79 Å². The van der Waals surface area contributed by atoms with Crippen LogP contribution in [-0.2, 0) is 4.74 Å². The Balaban J connectivity index is 2.64. The number of halogens is 1. The molecule has 0 atom stereocenters. The SMILES string of the molecule is COC(=O)n1ncc2cc(Br)ccc21. The molecule has 0 unspecified atom stereocenters. The zero-order valence-corrected chi connectivity index (χ0v) is 8.98. The lowest BCUT2D eigenvalue weighted by Gasteiger charge is -1.99. The molecule has 0 radical (unpaired) electrons. The zero-order chi connectivity index (χ0) is 10.1. The molecule has 1 aromatic heterocycles. The van der Waals surface area contributed by atoms with Crippen molar-refractivity contribution in [2.24, 2.45) is 0 Å². The number of carbonyl (C=O) groups excluding carboxylic acids is 1. The minimum absolute atomic E-state index is 0.484. The van der Waals surface area contributed by atoms with Gasteiger partial charge in [-0.15, -0.1) is 0 Å². The summed E-state index contributed by atoms with van der Waals surface area (Å²) < 4.78 is 6.76. The fourth-order valence-electron chi connectivity index (χ4n) is 1.24. The van der Waals surface area contributed by atoms with Gasteiger partial charge < -0.3 is 4.74 Å². The Morgan fingerprint density at radius 3 is 3.07 bits per heavy atom. The number of ether oxygens (including phenoxy) is 1. The first-order valence-corrected chi connectivity index (χ1v) is 4.73. The van der Waals surface area contributed by atoms with Gasteiger partial charge in [0, 0.05) is 9.86 Å². The number of hydrogen-bond donors (Lipinski definition) is 0. The summed E-state index contributed by atoms with van der Waals surface area (Å²) in [7, 11) is 1.33. The molecule has 0 saturated heterocycles. The minimum Gasteiger partial charge on any atom is -0.451 e. The Hall–Kier alpha value is -1.36. The quantitative estimate of drug-likeness (QED) is 0.726. The van der Waals surface area contributed by atoms with E-state index in [-0.39, 0.29) is 0 Å². The van der Waals surface area contributed by atoms with Gasteiger partial charge >= 0.3 is 6.09 Å². The summed E-state index contributed by atoms with van der Waals surface area (Å²) in [4.78, 5) is 11.2. The molecule has 72 valence electrons. The standard InChI is InChI=1S/C9H7BrN2O2/c1-14-9(13)12-8-3-2-7(10)4-6(8)5-11-12/h2-5H,1H3. The third-order valence-corrected chi connectivity index (χ3v) is 2.37. The van der Waals surface area contributed by atoms with Crippen LogP contribution in [-0.4, -0.2) is 23.0 Å². The Bertz CT molecular complexity index is 493. The van der Waals surface area contributed by atoms with E-state index in [2.05, 4.69) is 25.8 Å². The molecule has 2 aromatic rings. The summed E-state index contributed by atoms with van der Waals surface area (Å²) in [5.41, 5.74) is 0.736. The van der Waals surface area contributed by atoms with Crippen molar-refractivity contribution >= 4 is 32.9 Å². The summed E-state index contributed by atoms with van der Waals surface area (Å²) in [6.07, 6.45) is 1.14. The molecule has 0 amide bonds. The summed E-state index contributed by atoms with van der Waals surface area (Å²) >= 11 is 3.34. The fraction of sp³-hybridized carbons (Fsp3) is 0.111. The van der Waals surface area contributed by atoms with Crippen LogP contribution in [0, 0.1) is 0 Å². The van der Waals surface area contributed by atoms with Crippen LogP contribution in [0.5, 0.6) is 0 Å². The summed E-state index contributed by atoms with van der Waals surface area (Å²) in [6.45, 7) is 0. The van der Waals surface area contributed by atoms with Crippen molar-refractivity contribution in [3.8, 4) is 0 Å². The maximum atomic E-state index is 11.2. The minimum atomic E-state index is -0.484. The predicted molar refractivity (Wildman–Crippen MR) is 55.2 cm³/mol. The molecule has 1 heterocycles. The molecule has 0 bridgehead atoms. The average Bonchev–Trinajstić information content (AvgIpc) is 2.59. The van der Waals surface area contributed by atoms with Gasteiger partial charge in [0.15, 0.2) is 0 Å². The highest BCUT2D eigenvalue weighted by Crippen LogP contribution is 2.19. The van der Waals surface area contributed by atoms with Crippen molar-refractivity contribution in [1.82, 2.24) is 9.78 Å². The van der Waals surface area contributed by atoms with Gasteiger partial charge in [0.05, 0.1) is 18.8 Å². The van der Waals surface area contributed by atoms with Crippen LogP contribution < -0.4 is 0 Å². The van der Waals surface area contributed by atoms with E-state index in [0.717, 1.165) is 15.4 Å². The second-order valence-corrected chi connectivity index (χ2v) is 3.65. The summed E-state index contributed by atoms with van der Waals surface area (Å²) in [6, 6.07) is 5.55. The molecular weight excluding hydrogens is 248 g/mol. The molecule has 14 heavy (non-hydrogen) atoms. The smallest absolute Gasteiger partial charge is 0.434 e. The molecular formula is C9H7BrN2O2. The lowest BCUT2D eigenvalue weighted by molar-refractivity contribution is 0.170. The first-order valence-electron chi connectivity index (χ1n) is 3.94. The van der Waals surface area contributed by atoms with E-state index >= 15 is 0 Å². The van der Waals surface area contributed by atoms with Crippen LogP contribution in [0.25, 0.3) is 10.9 Å². The van der Waals surface area contributed by atoms with Crippen molar-refractivity contribution in [2.75, 3.05) is 7.11 Å². The number of fused-ring (bicyclic) bond motifs is 1. The molecule has 5 heteroatoms. The van der Waals surface area contributed by atoms with Gasteiger partial charge in [-0.2, -0.15) is 9.78 Å². The molecule has 0 saturated carbocycles. The monoisotopic (exact) mass is 254 g/mol. The van der Waals surface area contributed by atoms with Crippen LogP contribution in [0.4, 0.5) is 4.79 Å². The highest BCUT2D eigenvalue weighted by molar-refractivity contribution is 9.10. The van der Waals surface area contributed by atoms with Gasteiger partial charge in [0.2, 0.25) is 0 Å². The van der Waals surface area contributed by atoms with E-state index < -0.39 is 6.09 Å². The highest BCUT2D eigenvalue weighted by Gasteiger charge is 2.09. The summed E-state index contributed by atoms with van der Waals surface area (Å²) in [5, 5.41) is 4.82. The van der Waals surface area contributed by atoms with Crippen LogP contribution in [0.15, 0.2) is 28.9 Å². The average molecular weight is 255 g/mol. The first kappa shape index (κ1) is 9.21.